The highest BCUT2D eigenvalue weighted by Crippen LogP contribution is 2.30. The van der Waals surface area contributed by atoms with Crippen LogP contribution >= 0.6 is 0 Å². The minimum Gasteiger partial charge on any atom is -0.471 e. The Morgan fingerprint density at radius 3 is 2.48 bits per heavy atom. The summed E-state index contributed by atoms with van der Waals surface area (Å²) in [6.07, 6.45) is 0.957. The molecule has 1 saturated heterocycles. The Kier molecular flexibility index (Phi) is 8.33. The lowest BCUT2D eigenvalue weighted by Crippen LogP contribution is -2.31. The molecule has 0 aliphatic carbocycles. The summed E-state index contributed by atoms with van der Waals surface area (Å²) in [5, 5.41) is 8.89. The molecular formula is C32H22F5N5O4. The molecule has 0 bridgehead atoms. The van der Waals surface area contributed by atoms with E-state index in [1.165, 1.54) is 25.3 Å². The largest absolute Gasteiger partial charge is 0.471 e. The Labute approximate surface area is 257 Å². The molecule has 0 N–H and O–H groups in total. The summed E-state index contributed by atoms with van der Waals surface area (Å²) >= 11 is 0. The van der Waals surface area contributed by atoms with E-state index in [-0.39, 0.29) is 58.2 Å². The highest BCUT2D eigenvalue weighted by atomic mass is 19.1. The molecule has 1 atom stereocenters. The molecular weight excluding hydrogens is 613 g/mol. The summed E-state index contributed by atoms with van der Waals surface area (Å²) in [6.45, 7) is 0.312. The number of hydrogen-bond acceptors (Lipinski definition) is 8. The van der Waals surface area contributed by atoms with E-state index < -0.39 is 58.9 Å². The fourth-order valence-corrected chi connectivity index (χ4v) is 4.96. The van der Waals surface area contributed by atoms with Crippen molar-refractivity contribution in [3.63, 3.8) is 0 Å². The first kappa shape index (κ1) is 30.6. The average Bonchev–Trinajstić information content (AvgIpc) is 3.37. The molecule has 6 rings (SSSR count). The van der Waals surface area contributed by atoms with Gasteiger partial charge in [0.15, 0.2) is 11.6 Å². The molecule has 14 heteroatoms. The quantitative estimate of drug-likeness (QED) is 0.148. The molecule has 9 nitrogen and oxygen atoms in total. The second-order valence-corrected chi connectivity index (χ2v) is 10.4. The van der Waals surface area contributed by atoms with Gasteiger partial charge in [0.1, 0.15) is 35.4 Å². The van der Waals surface area contributed by atoms with Gasteiger partial charge in [-0.3, -0.25) is 0 Å². The molecule has 0 radical (unpaired) electrons. The first-order valence-electron chi connectivity index (χ1n) is 13.9. The maximum absolute atomic E-state index is 15.5. The molecule has 234 valence electrons. The minimum absolute atomic E-state index is 0.0106. The highest BCUT2D eigenvalue weighted by Gasteiger charge is 2.25. The van der Waals surface area contributed by atoms with E-state index in [0.29, 0.717) is 12.8 Å². The summed E-state index contributed by atoms with van der Waals surface area (Å²) in [5.41, 5.74) is -0.277. The van der Waals surface area contributed by atoms with Crippen LogP contribution in [-0.4, -0.2) is 45.3 Å². The summed E-state index contributed by atoms with van der Waals surface area (Å²) in [7, 11) is 1.17. The number of halogens is 5. The van der Waals surface area contributed by atoms with Gasteiger partial charge in [0.2, 0.25) is 5.82 Å². The molecule has 0 spiro atoms. The van der Waals surface area contributed by atoms with E-state index in [1.807, 2.05) is 0 Å². The normalized spacial score (nSPS) is 14.2. The van der Waals surface area contributed by atoms with E-state index in [9.17, 15) is 13.6 Å². The third-order valence-corrected chi connectivity index (χ3v) is 7.47. The molecule has 5 aromatic rings. The summed E-state index contributed by atoms with van der Waals surface area (Å²) < 4.78 is 91.7. The van der Waals surface area contributed by atoms with Crippen molar-refractivity contribution in [3.8, 4) is 23.3 Å². The Hall–Kier alpha value is -5.42. The van der Waals surface area contributed by atoms with Gasteiger partial charge in [-0.25, -0.2) is 32.3 Å². The third kappa shape index (κ3) is 5.96. The zero-order chi connectivity index (χ0) is 32.5. The maximum atomic E-state index is 15.5. The van der Waals surface area contributed by atoms with Gasteiger partial charge in [-0.15, -0.1) is 0 Å². The van der Waals surface area contributed by atoms with Crippen LogP contribution in [0.3, 0.4) is 0 Å². The average molecular weight is 636 g/mol. The number of nitriles is 1. The molecule has 3 heterocycles. The van der Waals surface area contributed by atoms with Crippen molar-refractivity contribution < 1.29 is 41.0 Å². The number of esters is 1. The Morgan fingerprint density at radius 1 is 1.00 bits per heavy atom. The lowest BCUT2D eigenvalue weighted by Gasteiger charge is -2.27. The van der Waals surface area contributed by atoms with E-state index in [4.69, 9.17) is 19.5 Å². The monoisotopic (exact) mass is 635 g/mol. The predicted molar refractivity (Wildman–Crippen MR) is 151 cm³/mol. The van der Waals surface area contributed by atoms with Crippen LogP contribution in [0.1, 0.15) is 39.3 Å². The zero-order valence-corrected chi connectivity index (χ0v) is 24.0. The van der Waals surface area contributed by atoms with E-state index in [1.54, 1.807) is 10.6 Å². The summed E-state index contributed by atoms with van der Waals surface area (Å²) in [4.78, 5) is 24.1. The Morgan fingerprint density at radius 2 is 1.78 bits per heavy atom. The number of benzene rings is 3. The summed E-state index contributed by atoms with van der Waals surface area (Å²) in [5.74, 6) is -5.97. The Balaban J connectivity index is 1.30. The van der Waals surface area contributed by atoms with Crippen LogP contribution in [0.5, 0.6) is 5.88 Å². The van der Waals surface area contributed by atoms with Gasteiger partial charge < -0.3 is 18.8 Å². The maximum Gasteiger partial charge on any atom is 0.338 e. The van der Waals surface area contributed by atoms with Gasteiger partial charge in [0, 0.05) is 18.6 Å². The standard InChI is InChI=1S/C32H22F5N5O4/c1-44-32(43)19-8-25(36)29-27(9-19)42(14-20-4-5-45-20)28(40-29)10-18-7-24(35)21(11-23(18)34)30-39-13-26(37)31(41-30)46-15-17-3-2-16(12-38)6-22(17)33/h2-3,6-9,11,13,20H,4-5,10,14-15H2,1H3/t20-/m0/s1. The minimum atomic E-state index is -1.02. The van der Waals surface area contributed by atoms with Crippen molar-refractivity contribution in [1.29, 1.82) is 5.26 Å². The molecule has 1 aliphatic rings. The van der Waals surface area contributed by atoms with Gasteiger partial charge in [-0.1, -0.05) is 6.07 Å². The van der Waals surface area contributed by atoms with Gasteiger partial charge >= 0.3 is 5.97 Å². The van der Waals surface area contributed by atoms with E-state index in [0.717, 1.165) is 30.7 Å². The van der Waals surface area contributed by atoms with Crippen LogP contribution in [0.2, 0.25) is 0 Å². The van der Waals surface area contributed by atoms with Crippen LogP contribution in [0, 0.1) is 40.4 Å². The number of nitrogens with zero attached hydrogens (tertiary/aromatic N) is 5. The fourth-order valence-electron chi connectivity index (χ4n) is 4.96. The third-order valence-electron chi connectivity index (χ3n) is 7.47. The van der Waals surface area contributed by atoms with Crippen LogP contribution in [0.15, 0.2) is 48.7 Å². The lowest BCUT2D eigenvalue weighted by atomic mass is 10.1. The molecule has 3 aromatic carbocycles. The SMILES string of the molecule is COC(=O)c1cc(F)c2nc(Cc3cc(F)c(-c4ncc(F)c(OCc5ccc(C#N)cc5F)n4)cc3F)n(C[C@@H]3CCO3)c2c1. The Bertz CT molecular complexity index is 2040. The van der Waals surface area contributed by atoms with Gasteiger partial charge in [0.05, 0.1) is 54.2 Å². The van der Waals surface area contributed by atoms with Crippen molar-refractivity contribution in [2.75, 3.05) is 13.7 Å². The second-order valence-electron chi connectivity index (χ2n) is 10.4. The number of carbonyl (C=O) groups excluding carboxylic acids is 1. The van der Waals surface area contributed by atoms with Gasteiger partial charge in [-0.2, -0.15) is 14.6 Å². The fraction of sp³-hybridized carbons (Fsp3) is 0.219. The van der Waals surface area contributed by atoms with Crippen molar-refractivity contribution in [1.82, 2.24) is 19.5 Å². The van der Waals surface area contributed by atoms with Crippen molar-refractivity contribution in [2.45, 2.75) is 32.1 Å². The van der Waals surface area contributed by atoms with Crippen molar-refractivity contribution in [3.05, 3.63) is 106 Å². The van der Waals surface area contributed by atoms with Crippen LogP contribution in [0.25, 0.3) is 22.4 Å². The van der Waals surface area contributed by atoms with Crippen molar-refractivity contribution >= 4 is 17.0 Å². The molecule has 0 unspecified atom stereocenters. The number of methoxy groups -OCH3 is 1. The first-order chi connectivity index (χ1) is 22.1. The number of ether oxygens (including phenoxy) is 3. The smallest absolute Gasteiger partial charge is 0.338 e. The molecule has 1 aliphatic heterocycles. The van der Waals surface area contributed by atoms with E-state index >= 15 is 13.2 Å². The number of imidazole rings is 1. The lowest BCUT2D eigenvalue weighted by molar-refractivity contribution is -0.0589. The van der Waals surface area contributed by atoms with Crippen LogP contribution < -0.4 is 4.74 Å². The topological polar surface area (TPSA) is 112 Å². The second kappa shape index (κ2) is 12.5. The number of hydrogen-bond donors (Lipinski definition) is 0. The summed E-state index contributed by atoms with van der Waals surface area (Å²) in [6, 6.07) is 9.59. The van der Waals surface area contributed by atoms with Crippen molar-refractivity contribution in [2.24, 2.45) is 0 Å². The van der Waals surface area contributed by atoms with Gasteiger partial charge in [-0.05, 0) is 48.4 Å². The van der Waals surface area contributed by atoms with Gasteiger partial charge in [0.25, 0.3) is 5.88 Å². The number of rotatable bonds is 9. The number of carbonyl (C=O) groups is 1. The molecule has 0 saturated carbocycles. The van der Waals surface area contributed by atoms with Crippen LogP contribution in [0.4, 0.5) is 22.0 Å². The zero-order valence-electron chi connectivity index (χ0n) is 24.0. The number of fused-ring (bicyclic) bond motifs is 1. The molecule has 46 heavy (non-hydrogen) atoms. The molecule has 1 fully saturated rings. The first-order valence-corrected chi connectivity index (χ1v) is 13.9. The van der Waals surface area contributed by atoms with Crippen LogP contribution in [-0.2, 0) is 29.0 Å². The molecule has 0 amide bonds. The number of aromatic nitrogens is 4. The molecule has 2 aromatic heterocycles. The predicted octanol–water partition coefficient (Wildman–Crippen LogP) is 5.81. The van der Waals surface area contributed by atoms with E-state index in [2.05, 4.69) is 15.0 Å². The highest BCUT2D eigenvalue weighted by molar-refractivity contribution is 5.94.